The molecule has 0 atom stereocenters. The number of benzene rings is 2. The normalized spacial score (nSPS) is 10.3. The van der Waals surface area contributed by atoms with Gasteiger partial charge in [-0.25, -0.2) is 9.18 Å². The van der Waals surface area contributed by atoms with Crippen molar-refractivity contribution in [2.45, 2.75) is 6.61 Å². The summed E-state index contributed by atoms with van der Waals surface area (Å²) in [5.74, 6) is -0.861. The fourth-order valence-electron chi connectivity index (χ4n) is 1.61. The van der Waals surface area contributed by atoms with Gasteiger partial charge in [-0.05, 0) is 57.9 Å². The maximum absolute atomic E-state index is 13.2. The third-order valence-corrected chi connectivity index (χ3v) is 3.57. The molecule has 0 aliphatic rings. The maximum Gasteiger partial charge on any atom is 0.335 e. The van der Waals surface area contributed by atoms with Crippen molar-refractivity contribution >= 4 is 37.8 Å². The minimum atomic E-state index is -1.01. The van der Waals surface area contributed by atoms with Crippen LogP contribution in [0.4, 0.5) is 4.39 Å². The lowest BCUT2D eigenvalue weighted by Crippen LogP contribution is -1.99. The van der Waals surface area contributed by atoms with Gasteiger partial charge < -0.3 is 9.84 Å². The van der Waals surface area contributed by atoms with Crippen molar-refractivity contribution in [1.82, 2.24) is 0 Å². The molecule has 1 N–H and O–H groups in total. The first-order chi connectivity index (χ1) is 9.45. The average molecular weight is 404 g/mol. The van der Waals surface area contributed by atoms with E-state index in [9.17, 15) is 9.18 Å². The van der Waals surface area contributed by atoms with Gasteiger partial charge in [0.05, 0.1) is 10.0 Å². The van der Waals surface area contributed by atoms with E-state index < -0.39 is 5.97 Å². The Bertz CT molecular complexity index is 639. The molecule has 104 valence electrons. The third-order valence-electron chi connectivity index (χ3n) is 2.50. The van der Waals surface area contributed by atoms with Crippen molar-refractivity contribution in [1.29, 1.82) is 0 Å². The van der Waals surface area contributed by atoms with E-state index in [2.05, 4.69) is 31.9 Å². The highest BCUT2D eigenvalue weighted by Crippen LogP contribution is 2.27. The van der Waals surface area contributed by atoms with Crippen molar-refractivity contribution in [3.8, 4) is 5.75 Å². The van der Waals surface area contributed by atoms with E-state index in [1.54, 1.807) is 12.1 Å². The highest BCUT2D eigenvalue weighted by Gasteiger charge is 2.08. The van der Waals surface area contributed by atoms with E-state index in [0.29, 0.717) is 20.3 Å². The molecule has 2 aromatic rings. The molecular formula is C14H9Br2FO3. The smallest absolute Gasteiger partial charge is 0.335 e. The molecule has 2 aromatic carbocycles. The number of carboxylic acid groups (broad SMARTS) is 1. The average Bonchev–Trinajstić information content (AvgIpc) is 2.36. The first-order valence-corrected chi connectivity index (χ1v) is 7.15. The van der Waals surface area contributed by atoms with E-state index in [0.717, 1.165) is 0 Å². The Hall–Kier alpha value is -1.40. The number of carbonyl (C=O) groups is 1. The molecule has 0 unspecified atom stereocenters. The summed E-state index contributed by atoms with van der Waals surface area (Å²) in [6.07, 6.45) is 0. The fourth-order valence-corrected chi connectivity index (χ4v) is 2.61. The van der Waals surface area contributed by atoms with Crippen molar-refractivity contribution in [2.75, 3.05) is 0 Å². The molecule has 0 spiro atoms. The minimum absolute atomic E-state index is 0.165. The van der Waals surface area contributed by atoms with Crippen molar-refractivity contribution in [3.05, 3.63) is 62.3 Å². The first kappa shape index (κ1) is 15.0. The topological polar surface area (TPSA) is 46.5 Å². The van der Waals surface area contributed by atoms with E-state index in [4.69, 9.17) is 9.84 Å². The molecule has 3 nitrogen and oxygen atoms in total. The number of aromatic carboxylic acids is 1. The number of halogens is 3. The number of hydrogen-bond acceptors (Lipinski definition) is 2. The van der Waals surface area contributed by atoms with Gasteiger partial charge in [0.2, 0.25) is 0 Å². The van der Waals surface area contributed by atoms with Gasteiger partial charge in [0.1, 0.15) is 18.2 Å². The van der Waals surface area contributed by atoms with Crippen LogP contribution in [0.2, 0.25) is 0 Å². The molecular weight excluding hydrogens is 395 g/mol. The molecule has 0 aromatic heterocycles. The molecule has 0 aliphatic heterocycles. The van der Waals surface area contributed by atoms with Crippen LogP contribution in [0, 0.1) is 5.82 Å². The third kappa shape index (κ3) is 3.80. The monoisotopic (exact) mass is 402 g/mol. The summed E-state index contributed by atoms with van der Waals surface area (Å²) < 4.78 is 19.9. The van der Waals surface area contributed by atoms with Crippen molar-refractivity contribution < 1.29 is 19.0 Å². The summed E-state index contributed by atoms with van der Waals surface area (Å²) >= 11 is 6.46. The summed E-state index contributed by atoms with van der Waals surface area (Å²) in [4.78, 5) is 10.8. The summed E-state index contributed by atoms with van der Waals surface area (Å²) in [5, 5.41) is 8.86. The number of carboxylic acids is 1. The van der Waals surface area contributed by atoms with Crippen LogP contribution in [0.3, 0.4) is 0 Å². The zero-order valence-electron chi connectivity index (χ0n) is 10.1. The van der Waals surface area contributed by atoms with Crippen LogP contribution in [0.25, 0.3) is 0 Å². The zero-order valence-corrected chi connectivity index (χ0v) is 13.2. The summed E-state index contributed by atoms with van der Waals surface area (Å²) in [6.45, 7) is 0.182. The molecule has 0 radical (unpaired) electrons. The lowest BCUT2D eigenvalue weighted by atomic mass is 10.2. The Balaban J connectivity index is 2.12. The van der Waals surface area contributed by atoms with Crippen LogP contribution in [0.5, 0.6) is 5.75 Å². The second-order valence-electron chi connectivity index (χ2n) is 4.02. The molecule has 20 heavy (non-hydrogen) atoms. The molecule has 2 rings (SSSR count). The Morgan fingerprint density at radius 3 is 2.55 bits per heavy atom. The van der Waals surface area contributed by atoms with Gasteiger partial charge in [0, 0.05) is 4.47 Å². The van der Waals surface area contributed by atoms with Crippen LogP contribution < -0.4 is 4.74 Å². The highest BCUT2D eigenvalue weighted by atomic mass is 79.9. The highest BCUT2D eigenvalue weighted by molar-refractivity contribution is 9.10. The number of rotatable bonds is 4. The number of hydrogen-bond donors (Lipinski definition) is 1. The Labute approximate surface area is 131 Å². The standard InChI is InChI=1S/C14H9Br2FO3/c15-10-3-8(4-11(17)6-10)7-20-13-2-1-9(14(18)19)5-12(13)16/h1-6H,7H2,(H,18,19). The van der Waals surface area contributed by atoms with Gasteiger partial charge in [0.25, 0.3) is 0 Å². The van der Waals surface area contributed by atoms with E-state index >= 15 is 0 Å². The van der Waals surface area contributed by atoms with Crippen molar-refractivity contribution in [2.24, 2.45) is 0 Å². The van der Waals surface area contributed by atoms with E-state index in [-0.39, 0.29) is 18.0 Å². The van der Waals surface area contributed by atoms with Gasteiger partial charge in [-0.3, -0.25) is 0 Å². The number of ether oxygens (including phenoxy) is 1. The van der Waals surface area contributed by atoms with Crippen LogP contribution >= 0.6 is 31.9 Å². The largest absolute Gasteiger partial charge is 0.488 e. The lowest BCUT2D eigenvalue weighted by Gasteiger charge is -2.09. The van der Waals surface area contributed by atoms with Gasteiger partial charge >= 0.3 is 5.97 Å². The van der Waals surface area contributed by atoms with Crippen LogP contribution in [0.1, 0.15) is 15.9 Å². The molecule has 6 heteroatoms. The molecule has 0 aliphatic carbocycles. The van der Waals surface area contributed by atoms with Crippen LogP contribution in [0.15, 0.2) is 45.3 Å². The Kier molecular flexibility index (Phi) is 4.77. The molecule has 0 saturated heterocycles. The Morgan fingerprint density at radius 2 is 1.95 bits per heavy atom. The lowest BCUT2D eigenvalue weighted by molar-refractivity contribution is 0.0696. The second kappa shape index (κ2) is 6.37. The van der Waals surface area contributed by atoms with Crippen LogP contribution in [-0.2, 0) is 6.61 Å². The summed E-state index contributed by atoms with van der Waals surface area (Å²) in [7, 11) is 0. The van der Waals surface area contributed by atoms with Gasteiger partial charge in [-0.2, -0.15) is 0 Å². The predicted octanol–water partition coefficient (Wildman–Crippen LogP) is 4.63. The summed E-state index contributed by atoms with van der Waals surface area (Å²) in [5.41, 5.74) is 0.837. The predicted molar refractivity (Wildman–Crippen MR) is 79.5 cm³/mol. The van der Waals surface area contributed by atoms with Crippen molar-refractivity contribution in [3.63, 3.8) is 0 Å². The first-order valence-electron chi connectivity index (χ1n) is 5.56. The molecule has 0 heterocycles. The summed E-state index contributed by atoms with van der Waals surface area (Å²) in [6, 6.07) is 8.96. The maximum atomic E-state index is 13.2. The van der Waals surface area contributed by atoms with Gasteiger partial charge in [-0.1, -0.05) is 15.9 Å². The Morgan fingerprint density at radius 1 is 1.20 bits per heavy atom. The van der Waals surface area contributed by atoms with Crippen LogP contribution in [-0.4, -0.2) is 11.1 Å². The zero-order chi connectivity index (χ0) is 14.7. The second-order valence-corrected chi connectivity index (χ2v) is 5.79. The SMILES string of the molecule is O=C(O)c1ccc(OCc2cc(F)cc(Br)c2)c(Br)c1. The molecule has 0 bridgehead atoms. The quantitative estimate of drug-likeness (QED) is 0.809. The van der Waals surface area contributed by atoms with Gasteiger partial charge in [-0.15, -0.1) is 0 Å². The molecule has 0 saturated carbocycles. The fraction of sp³-hybridized carbons (Fsp3) is 0.0714. The minimum Gasteiger partial charge on any atom is -0.488 e. The molecule has 0 fully saturated rings. The van der Waals surface area contributed by atoms with E-state index in [1.165, 1.54) is 24.3 Å². The molecule has 0 amide bonds. The van der Waals surface area contributed by atoms with Gasteiger partial charge in [0.15, 0.2) is 0 Å². The van der Waals surface area contributed by atoms with E-state index in [1.807, 2.05) is 0 Å².